The van der Waals surface area contributed by atoms with Crippen LogP contribution in [0.1, 0.15) is 24.9 Å². The number of benzene rings is 1. The Labute approximate surface area is 130 Å². The van der Waals surface area contributed by atoms with Crippen LogP contribution in [-0.4, -0.2) is 9.97 Å². The Morgan fingerprint density at radius 3 is 2.80 bits per heavy atom. The van der Waals surface area contributed by atoms with Gasteiger partial charge in [-0.1, -0.05) is 37.3 Å². The van der Waals surface area contributed by atoms with E-state index in [1.54, 1.807) is 17.7 Å². The Hall–Kier alpha value is -1.46. The first-order valence-electron chi connectivity index (χ1n) is 6.49. The van der Waals surface area contributed by atoms with E-state index in [2.05, 4.69) is 68.5 Å². The highest BCUT2D eigenvalue weighted by Gasteiger charge is 2.13. The number of nitrogens with one attached hydrogen (secondary N) is 1. The minimum atomic E-state index is 0.257. The maximum atomic E-state index is 4.40. The van der Waals surface area contributed by atoms with Gasteiger partial charge in [-0.15, -0.1) is 11.3 Å². The quantitative estimate of drug-likeness (QED) is 0.720. The van der Waals surface area contributed by atoms with Crippen molar-refractivity contribution in [1.82, 2.24) is 9.97 Å². The van der Waals surface area contributed by atoms with Crippen molar-refractivity contribution >= 4 is 43.3 Å². The zero-order chi connectivity index (χ0) is 13.9. The van der Waals surface area contributed by atoms with Crippen LogP contribution >= 0.6 is 27.3 Å². The molecule has 2 aromatic heterocycles. The van der Waals surface area contributed by atoms with Crippen LogP contribution in [0.3, 0.4) is 0 Å². The Morgan fingerprint density at radius 1 is 1.25 bits per heavy atom. The van der Waals surface area contributed by atoms with E-state index in [1.165, 1.54) is 5.56 Å². The molecule has 5 heteroatoms. The third-order valence-corrected chi connectivity index (χ3v) is 4.77. The molecule has 0 spiro atoms. The van der Waals surface area contributed by atoms with Crippen LogP contribution in [-0.2, 0) is 0 Å². The molecule has 0 amide bonds. The standard InChI is InChI=1S/C15H14BrN3S/c1-2-12(10-6-4-3-5-7-10)19-14-11-8-13(16)20-15(11)18-9-17-14/h3-9,12H,2H2,1H3,(H,17,18,19)/t12-/m1/s1. The summed E-state index contributed by atoms with van der Waals surface area (Å²) in [6, 6.07) is 12.8. The molecule has 1 N–H and O–H groups in total. The van der Waals surface area contributed by atoms with E-state index in [4.69, 9.17) is 0 Å². The lowest BCUT2D eigenvalue weighted by atomic mass is 10.0. The number of anilines is 1. The second-order valence-electron chi connectivity index (χ2n) is 4.51. The smallest absolute Gasteiger partial charge is 0.138 e. The molecule has 3 aromatic rings. The summed E-state index contributed by atoms with van der Waals surface area (Å²) in [4.78, 5) is 9.70. The summed E-state index contributed by atoms with van der Waals surface area (Å²) in [6.45, 7) is 2.17. The van der Waals surface area contributed by atoms with Crippen molar-refractivity contribution < 1.29 is 0 Å². The molecule has 0 bridgehead atoms. The highest BCUT2D eigenvalue weighted by molar-refractivity contribution is 9.11. The zero-order valence-electron chi connectivity index (χ0n) is 11.0. The third-order valence-electron chi connectivity index (χ3n) is 3.22. The van der Waals surface area contributed by atoms with Crippen molar-refractivity contribution in [3.63, 3.8) is 0 Å². The fourth-order valence-corrected chi connectivity index (χ4v) is 3.63. The molecular formula is C15H14BrN3S. The zero-order valence-corrected chi connectivity index (χ0v) is 13.4. The van der Waals surface area contributed by atoms with Gasteiger partial charge in [-0.3, -0.25) is 0 Å². The second-order valence-corrected chi connectivity index (χ2v) is 6.92. The summed E-state index contributed by atoms with van der Waals surface area (Å²) in [5.41, 5.74) is 1.27. The van der Waals surface area contributed by atoms with Gasteiger partial charge < -0.3 is 5.32 Å². The van der Waals surface area contributed by atoms with Crippen LogP contribution in [0.5, 0.6) is 0 Å². The van der Waals surface area contributed by atoms with Gasteiger partial charge >= 0.3 is 0 Å². The number of hydrogen-bond acceptors (Lipinski definition) is 4. The minimum Gasteiger partial charge on any atom is -0.363 e. The normalized spacial score (nSPS) is 12.5. The predicted molar refractivity (Wildman–Crippen MR) is 88.2 cm³/mol. The summed E-state index contributed by atoms with van der Waals surface area (Å²) in [6.07, 6.45) is 2.62. The van der Waals surface area contributed by atoms with Gasteiger partial charge in [0.25, 0.3) is 0 Å². The van der Waals surface area contributed by atoms with E-state index in [0.29, 0.717) is 0 Å². The van der Waals surface area contributed by atoms with Gasteiger partial charge in [-0.25, -0.2) is 9.97 Å². The monoisotopic (exact) mass is 347 g/mol. The van der Waals surface area contributed by atoms with Crippen LogP contribution in [0.2, 0.25) is 0 Å². The summed E-state index contributed by atoms with van der Waals surface area (Å²) in [5, 5.41) is 4.60. The summed E-state index contributed by atoms with van der Waals surface area (Å²) < 4.78 is 1.07. The van der Waals surface area contributed by atoms with Crippen molar-refractivity contribution in [3.8, 4) is 0 Å². The molecule has 1 aromatic carbocycles. The van der Waals surface area contributed by atoms with Gasteiger partial charge in [-0.05, 0) is 34.0 Å². The van der Waals surface area contributed by atoms with Crippen LogP contribution in [0, 0.1) is 0 Å². The number of nitrogens with zero attached hydrogens (tertiary/aromatic N) is 2. The van der Waals surface area contributed by atoms with E-state index < -0.39 is 0 Å². The number of thiophene rings is 1. The van der Waals surface area contributed by atoms with Gasteiger partial charge in [0, 0.05) is 0 Å². The molecule has 0 saturated heterocycles. The summed E-state index contributed by atoms with van der Waals surface area (Å²) in [5.74, 6) is 0.896. The SMILES string of the molecule is CC[C@@H](Nc1ncnc2sc(Br)cc12)c1ccccc1. The fraction of sp³-hybridized carbons (Fsp3) is 0.200. The molecule has 3 rings (SSSR count). The maximum absolute atomic E-state index is 4.40. The van der Waals surface area contributed by atoms with Crippen molar-refractivity contribution in [2.24, 2.45) is 0 Å². The Balaban J connectivity index is 1.95. The van der Waals surface area contributed by atoms with Gasteiger partial charge in [0.2, 0.25) is 0 Å². The van der Waals surface area contributed by atoms with Gasteiger partial charge in [0.1, 0.15) is 17.0 Å². The van der Waals surface area contributed by atoms with Crippen molar-refractivity contribution in [3.05, 3.63) is 52.1 Å². The van der Waals surface area contributed by atoms with E-state index in [9.17, 15) is 0 Å². The van der Waals surface area contributed by atoms with Gasteiger partial charge in [0.15, 0.2) is 0 Å². The molecule has 0 saturated carbocycles. The number of aromatic nitrogens is 2. The van der Waals surface area contributed by atoms with E-state index in [-0.39, 0.29) is 6.04 Å². The van der Waals surface area contributed by atoms with Gasteiger partial charge in [0.05, 0.1) is 15.2 Å². The molecule has 0 aliphatic carbocycles. The average Bonchev–Trinajstić information content (AvgIpc) is 2.86. The number of fused-ring (bicyclic) bond motifs is 1. The number of hydrogen-bond donors (Lipinski definition) is 1. The lowest BCUT2D eigenvalue weighted by Crippen LogP contribution is -2.10. The van der Waals surface area contributed by atoms with Crippen LogP contribution in [0.25, 0.3) is 10.2 Å². The highest BCUT2D eigenvalue weighted by atomic mass is 79.9. The topological polar surface area (TPSA) is 37.8 Å². The molecular weight excluding hydrogens is 334 g/mol. The molecule has 0 unspecified atom stereocenters. The Bertz CT molecular complexity index is 711. The largest absolute Gasteiger partial charge is 0.363 e. The van der Waals surface area contributed by atoms with Gasteiger partial charge in [-0.2, -0.15) is 0 Å². The predicted octanol–water partition coefficient (Wildman–Crippen LogP) is 5.02. The number of halogens is 1. The molecule has 20 heavy (non-hydrogen) atoms. The molecule has 102 valence electrons. The van der Waals surface area contributed by atoms with Crippen LogP contribution in [0.15, 0.2) is 46.5 Å². The van der Waals surface area contributed by atoms with Crippen LogP contribution < -0.4 is 5.32 Å². The third kappa shape index (κ3) is 2.69. The van der Waals surface area contributed by atoms with E-state index >= 15 is 0 Å². The van der Waals surface area contributed by atoms with Crippen LogP contribution in [0.4, 0.5) is 5.82 Å². The van der Waals surface area contributed by atoms with Crippen molar-refractivity contribution in [2.75, 3.05) is 5.32 Å². The highest BCUT2D eigenvalue weighted by Crippen LogP contribution is 2.33. The average molecular weight is 348 g/mol. The number of rotatable bonds is 4. The Kier molecular flexibility index (Phi) is 3.98. The Morgan fingerprint density at radius 2 is 2.05 bits per heavy atom. The first kappa shape index (κ1) is 13.5. The summed E-state index contributed by atoms with van der Waals surface area (Å²) in [7, 11) is 0. The first-order chi connectivity index (χ1) is 9.78. The first-order valence-corrected chi connectivity index (χ1v) is 8.10. The molecule has 1 atom stereocenters. The second kappa shape index (κ2) is 5.89. The molecule has 2 heterocycles. The van der Waals surface area contributed by atoms with E-state index in [0.717, 1.165) is 26.2 Å². The lowest BCUT2D eigenvalue weighted by molar-refractivity contribution is 0.745. The maximum Gasteiger partial charge on any atom is 0.138 e. The van der Waals surface area contributed by atoms with Crippen molar-refractivity contribution in [2.45, 2.75) is 19.4 Å². The van der Waals surface area contributed by atoms with E-state index in [1.807, 2.05) is 6.07 Å². The van der Waals surface area contributed by atoms with Crippen molar-refractivity contribution in [1.29, 1.82) is 0 Å². The molecule has 0 radical (unpaired) electrons. The lowest BCUT2D eigenvalue weighted by Gasteiger charge is -2.18. The molecule has 0 fully saturated rings. The molecule has 0 aliphatic rings. The fourth-order valence-electron chi connectivity index (χ4n) is 2.21. The summed E-state index contributed by atoms with van der Waals surface area (Å²) >= 11 is 5.13. The molecule has 3 nitrogen and oxygen atoms in total. The molecule has 0 aliphatic heterocycles. The minimum absolute atomic E-state index is 0.257.